The molecule has 0 aliphatic carbocycles. The van der Waals surface area contributed by atoms with Crippen LogP contribution in [0.2, 0.25) is 0 Å². The van der Waals surface area contributed by atoms with Crippen molar-refractivity contribution in [3.63, 3.8) is 0 Å². The Morgan fingerprint density at radius 2 is 1.47 bits per heavy atom. The van der Waals surface area contributed by atoms with Crippen LogP contribution < -0.4 is 0 Å². The van der Waals surface area contributed by atoms with Crippen molar-refractivity contribution in [1.29, 1.82) is 0 Å². The molecule has 0 bridgehead atoms. The van der Waals surface area contributed by atoms with E-state index in [4.69, 9.17) is 15.3 Å². The fraction of sp³-hybridized carbons (Fsp3) is 0.500. The fourth-order valence-electron chi connectivity index (χ4n) is 1.09. The summed E-state index contributed by atoms with van der Waals surface area (Å²) in [5, 5.41) is 44.4. The molecule has 1 unspecified atom stereocenters. The van der Waals surface area contributed by atoms with Crippen molar-refractivity contribution in [3.05, 3.63) is 12.3 Å². The molecule has 5 N–H and O–H groups in total. The maximum Gasteiger partial charge on any atom is 0.306 e. The molecule has 0 heterocycles. The molecular formula is C8H12O7. The van der Waals surface area contributed by atoms with Crippen LogP contribution >= 0.6 is 0 Å². The summed E-state index contributed by atoms with van der Waals surface area (Å²) >= 11 is 0. The minimum absolute atomic E-state index is 0.889. The number of aliphatic carboxylic acids is 2. The highest BCUT2D eigenvalue weighted by Crippen LogP contribution is 2.23. The molecule has 0 aromatic heterocycles. The van der Waals surface area contributed by atoms with Crippen LogP contribution in [0.5, 0.6) is 0 Å². The second-order valence-corrected chi connectivity index (χ2v) is 3.14. The molecule has 0 saturated heterocycles. The number of carbonyl (C=O) groups is 2. The van der Waals surface area contributed by atoms with Gasteiger partial charge in [-0.05, 0) is 0 Å². The summed E-state index contributed by atoms with van der Waals surface area (Å²) in [5.74, 6) is -3.89. The van der Waals surface area contributed by atoms with Crippen molar-refractivity contribution in [2.45, 2.75) is 24.5 Å². The minimum Gasteiger partial charge on any atom is -0.510 e. The Kier molecular flexibility index (Phi) is 4.25. The molecule has 0 spiro atoms. The molecule has 0 aromatic rings. The van der Waals surface area contributed by atoms with Gasteiger partial charge in [0.1, 0.15) is 17.5 Å². The van der Waals surface area contributed by atoms with Gasteiger partial charge in [0.25, 0.3) is 0 Å². The summed E-state index contributed by atoms with van der Waals surface area (Å²) < 4.78 is 0. The van der Waals surface area contributed by atoms with Gasteiger partial charge >= 0.3 is 11.9 Å². The number of hydrogen-bond acceptors (Lipinski definition) is 5. The topological polar surface area (TPSA) is 135 Å². The number of hydrogen-bond donors (Lipinski definition) is 5. The second kappa shape index (κ2) is 4.76. The van der Waals surface area contributed by atoms with Gasteiger partial charge in [-0.2, -0.15) is 0 Å². The number of aliphatic hydroxyl groups is 3. The van der Waals surface area contributed by atoms with Crippen LogP contribution in [0.1, 0.15) is 12.8 Å². The van der Waals surface area contributed by atoms with E-state index in [9.17, 15) is 19.8 Å². The van der Waals surface area contributed by atoms with E-state index in [-0.39, 0.29) is 0 Å². The Morgan fingerprint density at radius 1 is 1.13 bits per heavy atom. The van der Waals surface area contributed by atoms with Crippen molar-refractivity contribution >= 4 is 11.9 Å². The largest absolute Gasteiger partial charge is 0.510 e. The molecule has 7 heteroatoms. The summed E-state index contributed by atoms with van der Waals surface area (Å²) in [7, 11) is 0. The molecule has 0 aromatic carbocycles. The van der Waals surface area contributed by atoms with Gasteiger partial charge in [0.15, 0.2) is 0 Å². The molecule has 0 fully saturated rings. The lowest BCUT2D eigenvalue weighted by molar-refractivity contribution is -0.157. The van der Waals surface area contributed by atoms with Crippen LogP contribution in [-0.2, 0) is 9.59 Å². The monoisotopic (exact) mass is 220 g/mol. The molecule has 86 valence electrons. The van der Waals surface area contributed by atoms with E-state index in [0.29, 0.717) is 0 Å². The van der Waals surface area contributed by atoms with Crippen LogP contribution in [0.3, 0.4) is 0 Å². The van der Waals surface area contributed by atoms with E-state index in [2.05, 4.69) is 6.58 Å². The highest BCUT2D eigenvalue weighted by atomic mass is 16.4. The zero-order valence-electron chi connectivity index (χ0n) is 7.75. The smallest absolute Gasteiger partial charge is 0.306 e. The first-order chi connectivity index (χ1) is 6.69. The lowest BCUT2D eigenvalue weighted by Crippen LogP contribution is -2.46. The van der Waals surface area contributed by atoms with E-state index < -0.39 is 42.2 Å². The summed E-state index contributed by atoms with van der Waals surface area (Å²) in [6, 6.07) is 0. The third-order valence-electron chi connectivity index (χ3n) is 1.74. The van der Waals surface area contributed by atoms with Gasteiger partial charge in [-0.15, -0.1) is 0 Å². The average molecular weight is 220 g/mol. The van der Waals surface area contributed by atoms with E-state index in [1.54, 1.807) is 0 Å². The number of aliphatic hydroxyl groups excluding tert-OH is 2. The molecule has 1 atom stereocenters. The molecule has 0 aliphatic rings. The maximum absolute atomic E-state index is 10.3. The molecule has 0 radical (unpaired) electrons. The fourth-order valence-corrected chi connectivity index (χ4v) is 1.09. The minimum atomic E-state index is -2.47. The van der Waals surface area contributed by atoms with E-state index in [0.717, 1.165) is 0 Å². The summed E-state index contributed by atoms with van der Waals surface area (Å²) in [4.78, 5) is 20.7. The number of carboxylic acid groups (broad SMARTS) is 2. The van der Waals surface area contributed by atoms with Crippen LogP contribution in [-0.4, -0.2) is 49.2 Å². The Bertz CT molecular complexity index is 267. The zero-order valence-corrected chi connectivity index (χ0v) is 7.75. The Hall–Kier alpha value is -1.60. The van der Waals surface area contributed by atoms with Crippen LogP contribution in [0, 0.1) is 0 Å². The van der Waals surface area contributed by atoms with Crippen LogP contribution in [0.15, 0.2) is 12.3 Å². The lowest BCUT2D eigenvalue weighted by atomic mass is 9.88. The van der Waals surface area contributed by atoms with Gasteiger partial charge in [0.2, 0.25) is 0 Å². The van der Waals surface area contributed by atoms with Crippen LogP contribution in [0.4, 0.5) is 0 Å². The Balaban J connectivity index is 4.91. The first-order valence-corrected chi connectivity index (χ1v) is 3.91. The molecule has 0 rings (SSSR count). The van der Waals surface area contributed by atoms with E-state index >= 15 is 0 Å². The highest BCUT2D eigenvalue weighted by molar-refractivity contribution is 5.73. The quantitative estimate of drug-likeness (QED) is 0.366. The van der Waals surface area contributed by atoms with Crippen LogP contribution in [0.25, 0.3) is 0 Å². The Morgan fingerprint density at radius 3 is 1.67 bits per heavy atom. The first-order valence-electron chi connectivity index (χ1n) is 3.91. The molecule has 0 aliphatic heterocycles. The van der Waals surface area contributed by atoms with Crippen molar-refractivity contribution in [1.82, 2.24) is 0 Å². The molecule has 15 heavy (non-hydrogen) atoms. The Labute approximate surface area is 84.9 Å². The number of rotatable bonds is 6. The average Bonchev–Trinajstić information content (AvgIpc) is 1.99. The van der Waals surface area contributed by atoms with Gasteiger partial charge in [0.05, 0.1) is 12.8 Å². The highest BCUT2D eigenvalue weighted by Gasteiger charge is 2.41. The number of carboxylic acids is 2. The SMILES string of the molecule is C=C(O)C(O)C(O)(CC(=O)O)CC(=O)O. The summed E-state index contributed by atoms with van der Waals surface area (Å²) in [5.41, 5.74) is -2.47. The molecule has 7 nitrogen and oxygen atoms in total. The summed E-state index contributed by atoms with van der Waals surface area (Å²) in [6.45, 7) is 2.90. The predicted molar refractivity (Wildman–Crippen MR) is 47.2 cm³/mol. The third kappa shape index (κ3) is 3.96. The standard InChI is InChI=1S/C8H12O7/c1-4(9)7(14)8(15,2-5(10)11)3-6(12)13/h7,9,14-15H,1-3H2,(H,10,11)(H,12,13). The van der Waals surface area contributed by atoms with Gasteiger partial charge in [0, 0.05) is 0 Å². The third-order valence-corrected chi connectivity index (χ3v) is 1.74. The molecule has 0 amide bonds. The lowest BCUT2D eigenvalue weighted by Gasteiger charge is -2.29. The normalized spacial score (nSPS) is 13.2. The van der Waals surface area contributed by atoms with Crippen molar-refractivity contribution in [2.75, 3.05) is 0 Å². The van der Waals surface area contributed by atoms with Gasteiger partial charge in [-0.25, -0.2) is 0 Å². The molecule has 0 saturated carbocycles. The predicted octanol–water partition coefficient (Wildman–Crippen LogP) is -0.901. The van der Waals surface area contributed by atoms with Gasteiger partial charge in [-0.3, -0.25) is 9.59 Å². The van der Waals surface area contributed by atoms with Crippen molar-refractivity contribution in [2.24, 2.45) is 0 Å². The second-order valence-electron chi connectivity index (χ2n) is 3.14. The van der Waals surface area contributed by atoms with Gasteiger partial charge in [-0.1, -0.05) is 6.58 Å². The first kappa shape index (κ1) is 13.4. The summed E-state index contributed by atoms with van der Waals surface area (Å²) in [6.07, 6.45) is -4.05. The molecular weight excluding hydrogens is 208 g/mol. The maximum atomic E-state index is 10.3. The van der Waals surface area contributed by atoms with E-state index in [1.807, 2.05) is 0 Å². The van der Waals surface area contributed by atoms with Crippen molar-refractivity contribution < 1.29 is 35.1 Å². The van der Waals surface area contributed by atoms with E-state index in [1.165, 1.54) is 0 Å². The zero-order chi connectivity index (χ0) is 12.2. The van der Waals surface area contributed by atoms with Gasteiger partial charge < -0.3 is 25.5 Å². The van der Waals surface area contributed by atoms with Crippen molar-refractivity contribution in [3.8, 4) is 0 Å².